The first-order valence-corrected chi connectivity index (χ1v) is 12.0. The summed E-state index contributed by atoms with van der Waals surface area (Å²) in [5, 5.41) is 1.99. The molecule has 1 fully saturated rings. The van der Waals surface area contributed by atoms with E-state index >= 15 is 0 Å². The molecule has 0 aromatic heterocycles. The Morgan fingerprint density at radius 2 is 1.76 bits per heavy atom. The van der Waals surface area contributed by atoms with Crippen LogP contribution in [-0.2, 0) is 10.0 Å². The number of carbonyl (C=O) groups is 1. The summed E-state index contributed by atoms with van der Waals surface area (Å²) in [7, 11) is -3.59. The lowest BCUT2D eigenvalue weighted by Gasteiger charge is -2.31. The Hall–Kier alpha value is -2.24. The minimum absolute atomic E-state index is 0.338. The van der Waals surface area contributed by atoms with Gasteiger partial charge in [-0.1, -0.05) is 60.2 Å². The molecule has 2 aliphatic rings. The van der Waals surface area contributed by atoms with Gasteiger partial charge in [-0.05, 0) is 54.9 Å². The number of piperidine rings is 1. The Balaban J connectivity index is 1.36. The Labute approximate surface area is 173 Å². The van der Waals surface area contributed by atoms with Crippen LogP contribution in [0.25, 0.3) is 10.8 Å². The van der Waals surface area contributed by atoms with Crippen LogP contribution in [0.5, 0.6) is 0 Å². The fourth-order valence-corrected chi connectivity index (χ4v) is 5.69. The molecule has 0 radical (unpaired) electrons. The number of sulfonamides is 1. The molecule has 2 aromatic carbocycles. The van der Waals surface area contributed by atoms with Gasteiger partial charge in [0.2, 0.25) is 10.0 Å². The van der Waals surface area contributed by atoms with Gasteiger partial charge in [-0.15, -0.1) is 0 Å². The second-order valence-electron chi connectivity index (χ2n) is 8.05. The first-order chi connectivity index (χ1) is 14.0. The second-order valence-corrected chi connectivity index (χ2v) is 10.0. The van der Waals surface area contributed by atoms with E-state index in [-0.39, 0.29) is 5.78 Å². The molecule has 1 aliphatic carbocycles. The van der Waals surface area contributed by atoms with Gasteiger partial charge in [0.25, 0.3) is 0 Å². The summed E-state index contributed by atoms with van der Waals surface area (Å²) in [6.45, 7) is 1.02. The van der Waals surface area contributed by atoms with Crippen molar-refractivity contribution in [1.82, 2.24) is 4.31 Å². The lowest BCUT2D eigenvalue weighted by Crippen LogP contribution is -2.41. The molecule has 5 heteroatoms. The fraction of sp³-hybridized carbons (Fsp3) is 0.375. The largest absolute Gasteiger partial charge is 0.293 e. The first-order valence-electron chi connectivity index (χ1n) is 10.4. The Morgan fingerprint density at radius 1 is 1.00 bits per heavy atom. The molecule has 152 valence electrons. The number of hydrogen-bond acceptors (Lipinski definition) is 3. The molecule has 4 rings (SSSR count). The van der Waals surface area contributed by atoms with E-state index < -0.39 is 15.8 Å². The molecule has 1 saturated heterocycles. The average molecular weight is 410 g/mol. The van der Waals surface area contributed by atoms with E-state index in [1.54, 1.807) is 12.1 Å². The number of allylic oxidation sites excluding steroid dienone is 4. The van der Waals surface area contributed by atoms with Crippen molar-refractivity contribution in [1.29, 1.82) is 0 Å². The molecule has 0 N–H and O–H groups in total. The van der Waals surface area contributed by atoms with E-state index in [2.05, 4.69) is 18.2 Å². The Bertz CT molecular complexity index is 1060. The van der Waals surface area contributed by atoms with Gasteiger partial charge >= 0.3 is 0 Å². The lowest BCUT2D eigenvalue weighted by atomic mass is 9.89. The smallest absolute Gasteiger partial charge is 0.221 e. The molecule has 1 heterocycles. The number of Topliss-reactive ketones (excluding diaryl/α,β-unsaturated/α-hetero) is 1. The number of fused-ring (bicyclic) bond motifs is 1. The fourth-order valence-electron chi connectivity index (χ4n) is 4.25. The van der Waals surface area contributed by atoms with Gasteiger partial charge in [-0.3, -0.25) is 4.79 Å². The molecule has 0 saturated carbocycles. The molecular formula is C24H27NO3S. The molecule has 29 heavy (non-hydrogen) atoms. The summed E-state index contributed by atoms with van der Waals surface area (Å²) in [5.41, 5.74) is 1.84. The minimum Gasteiger partial charge on any atom is -0.293 e. The molecule has 0 amide bonds. The first kappa shape index (κ1) is 20.0. The van der Waals surface area contributed by atoms with E-state index in [4.69, 9.17) is 0 Å². The number of hydrogen-bond donors (Lipinski definition) is 0. The highest BCUT2D eigenvalue weighted by Gasteiger charge is 2.30. The summed E-state index contributed by atoms with van der Waals surface area (Å²) < 4.78 is 27.1. The number of carbonyl (C=O) groups excluding carboxylic acids is 1. The molecule has 0 atom stereocenters. The Morgan fingerprint density at radius 3 is 2.48 bits per heavy atom. The van der Waals surface area contributed by atoms with Crippen molar-refractivity contribution in [3.8, 4) is 0 Å². The third-order valence-corrected chi connectivity index (χ3v) is 7.73. The van der Waals surface area contributed by atoms with Crippen LogP contribution in [0.15, 0.2) is 66.3 Å². The summed E-state index contributed by atoms with van der Waals surface area (Å²) in [4.78, 5) is 12.7. The number of rotatable bonds is 6. The molecule has 1 aliphatic heterocycles. The van der Waals surface area contributed by atoms with Crippen molar-refractivity contribution < 1.29 is 13.2 Å². The van der Waals surface area contributed by atoms with Gasteiger partial charge < -0.3 is 0 Å². The van der Waals surface area contributed by atoms with Crippen molar-refractivity contribution in [2.75, 3.05) is 18.8 Å². The topological polar surface area (TPSA) is 54.5 Å². The molecule has 0 unspecified atom stereocenters. The maximum absolute atomic E-state index is 12.8. The normalized spacial score (nSPS) is 18.7. The zero-order valence-corrected chi connectivity index (χ0v) is 17.4. The molecule has 0 bridgehead atoms. The Kier molecular flexibility index (Phi) is 5.97. The van der Waals surface area contributed by atoms with E-state index in [1.807, 2.05) is 30.3 Å². The predicted molar refractivity (Wildman–Crippen MR) is 117 cm³/mol. The quantitative estimate of drug-likeness (QED) is 0.648. The van der Waals surface area contributed by atoms with E-state index in [0.717, 1.165) is 42.9 Å². The van der Waals surface area contributed by atoms with Gasteiger partial charge in [0.05, 0.1) is 0 Å². The van der Waals surface area contributed by atoms with Crippen LogP contribution in [-0.4, -0.2) is 37.3 Å². The third-order valence-electron chi connectivity index (χ3n) is 5.95. The van der Waals surface area contributed by atoms with Crippen LogP contribution in [0.2, 0.25) is 0 Å². The van der Waals surface area contributed by atoms with Crippen LogP contribution in [0, 0.1) is 5.92 Å². The van der Waals surface area contributed by atoms with Crippen molar-refractivity contribution in [3.63, 3.8) is 0 Å². The monoisotopic (exact) mass is 409 g/mol. The van der Waals surface area contributed by atoms with Gasteiger partial charge in [0.15, 0.2) is 5.78 Å². The van der Waals surface area contributed by atoms with E-state index in [9.17, 15) is 13.2 Å². The van der Waals surface area contributed by atoms with Crippen LogP contribution in [0.1, 0.15) is 42.5 Å². The standard InChI is InChI=1S/C24H27NO3S/c26-24(23-11-10-21-8-4-5-9-22(21)17-23)18-29(27,28)25-14-12-20(13-15-25)16-19-6-2-1-3-7-19/h2,4-11,17,20H,1,3,12-16,18H2. The van der Waals surface area contributed by atoms with Gasteiger partial charge in [-0.2, -0.15) is 0 Å². The highest BCUT2D eigenvalue weighted by molar-refractivity contribution is 7.89. The van der Waals surface area contributed by atoms with Crippen molar-refractivity contribution >= 4 is 26.6 Å². The third kappa shape index (κ3) is 4.85. The minimum atomic E-state index is -3.59. The summed E-state index contributed by atoms with van der Waals surface area (Å²) in [6.07, 6.45) is 11.7. The SMILES string of the molecule is O=C(CS(=O)(=O)N1CCC(CC2=CCCC=C2)CC1)c1ccc2ccccc2c1. The number of ketones is 1. The van der Waals surface area contributed by atoms with Crippen LogP contribution < -0.4 is 0 Å². The molecule has 2 aromatic rings. The highest BCUT2D eigenvalue weighted by atomic mass is 32.2. The maximum atomic E-state index is 12.8. The van der Waals surface area contributed by atoms with Gasteiger partial charge in [-0.25, -0.2) is 12.7 Å². The van der Waals surface area contributed by atoms with Crippen LogP contribution >= 0.6 is 0 Å². The van der Waals surface area contributed by atoms with E-state index in [1.165, 1.54) is 9.88 Å². The molecule has 4 nitrogen and oxygen atoms in total. The van der Waals surface area contributed by atoms with Crippen LogP contribution in [0.3, 0.4) is 0 Å². The van der Waals surface area contributed by atoms with E-state index in [0.29, 0.717) is 24.6 Å². The second kappa shape index (κ2) is 8.64. The molecular weight excluding hydrogens is 382 g/mol. The molecule has 0 spiro atoms. The number of nitrogens with zero attached hydrogens (tertiary/aromatic N) is 1. The maximum Gasteiger partial charge on any atom is 0.221 e. The summed E-state index contributed by atoms with van der Waals surface area (Å²) in [5.74, 6) is -0.272. The van der Waals surface area contributed by atoms with Crippen molar-refractivity contribution in [3.05, 3.63) is 71.8 Å². The van der Waals surface area contributed by atoms with Crippen molar-refractivity contribution in [2.45, 2.75) is 32.1 Å². The zero-order chi connectivity index (χ0) is 20.3. The highest BCUT2D eigenvalue weighted by Crippen LogP contribution is 2.28. The average Bonchev–Trinajstić information content (AvgIpc) is 2.74. The summed E-state index contributed by atoms with van der Waals surface area (Å²) >= 11 is 0. The van der Waals surface area contributed by atoms with Crippen molar-refractivity contribution in [2.24, 2.45) is 5.92 Å². The lowest BCUT2D eigenvalue weighted by molar-refractivity contribution is 0.101. The van der Waals surface area contributed by atoms with Gasteiger partial charge in [0, 0.05) is 18.7 Å². The summed E-state index contributed by atoms with van der Waals surface area (Å²) in [6, 6.07) is 13.1. The van der Waals surface area contributed by atoms with Gasteiger partial charge in [0.1, 0.15) is 5.75 Å². The predicted octanol–water partition coefficient (Wildman–Crippen LogP) is 4.73. The zero-order valence-electron chi connectivity index (χ0n) is 16.6. The van der Waals surface area contributed by atoms with Crippen LogP contribution in [0.4, 0.5) is 0 Å². The number of benzene rings is 2.